The van der Waals surface area contributed by atoms with Crippen LogP contribution in [0.15, 0.2) is 0 Å². The van der Waals surface area contributed by atoms with Gasteiger partial charge >= 0.3 is 5.91 Å². The summed E-state index contributed by atoms with van der Waals surface area (Å²) >= 11 is 0. The van der Waals surface area contributed by atoms with Crippen molar-refractivity contribution < 1.29 is 68.5 Å². The van der Waals surface area contributed by atoms with Crippen molar-refractivity contribution in [2.24, 2.45) is 0 Å². The molecule has 2 amide bonds. The quantitative estimate of drug-likeness (QED) is 0.0988. The van der Waals surface area contributed by atoms with E-state index < -0.39 is 96.0 Å². The molecule has 1 rings (SSSR count). The van der Waals surface area contributed by atoms with E-state index in [-0.39, 0.29) is 6.61 Å². The molecule has 0 radical (unpaired) electrons. The number of carbonyl (C=O) groups is 6. The molecule has 218 valence electrons. The largest absolute Gasteiger partial charge is 0.384 e. The molecule has 6 N–H and O–H groups in total. The van der Waals surface area contributed by atoms with E-state index in [1.54, 1.807) is 0 Å². The van der Waals surface area contributed by atoms with Gasteiger partial charge in [-0.05, 0) is 40.5 Å². The van der Waals surface area contributed by atoms with Crippen molar-refractivity contribution in [1.29, 1.82) is 0 Å². The highest BCUT2D eigenvalue weighted by molar-refractivity contribution is 6.06. The minimum Gasteiger partial charge on any atom is -0.384 e. The van der Waals surface area contributed by atoms with E-state index in [9.17, 15) is 49.2 Å². The molecule has 1 fully saturated rings. The lowest BCUT2D eigenvalue weighted by Gasteiger charge is -2.58. The molecule has 0 saturated carbocycles. The maximum absolute atomic E-state index is 12.7. The molecule has 1 saturated heterocycles. The van der Waals surface area contributed by atoms with Crippen LogP contribution in [0, 0.1) is 11.8 Å². The summed E-state index contributed by atoms with van der Waals surface area (Å²) in [6.45, 7) is 3.09. The van der Waals surface area contributed by atoms with Crippen LogP contribution in [0.1, 0.15) is 41.0 Å². The fourth-order valence-electron chi connectivity index (χ4n) is 4.32. The number of hydrogen-bond donors (Lipinski definition) is 6. The van der Waals surface area contributed by atoms with Gasteiger partial charge in [-0.1, -0.05) is 5.92 Å². The van der Waals surface area contributed by atoms with Crippen LogP contribution >= 0.6 is 0 Å². The van der Waals surface area contributed by atoms with Crippen LogP contribution in [0.3, 0.4) is 0 Å². The Kier molecular flexibility index (Phi) is 11.7. The maximum atomic E-state index is 12.7. The van der Waals surface area contributed by atoms with Gasteiger partial charge in [-0.2, -0.15) is 0 Å². The summed E-state index contributed by atoms with van der Waals surface area (Å²) in [6, 6.07) is 0. The van der Waals surface area contributed by atoms with Gasteiger partial charge in [0.2, 0.25) is 6.29 Å². The predicted molar refractivity (Wildman–Crippen MR) is 126 cm³/mol. The van der Waals surface area contributed by atoms with Crippen molar-refractivity contribution in [2.45, 2.75) is 82.4 Å². The van der Waals surface area contributed by atoms with Crippen LogP contribution < -0.4 is 5.32 Å². The van der Waals surface area contributed by atoms with Crippen LogP contribution in [-0.4, -0.2) is 122 Å². The molecule has 1 aliphatic rings. The van der Waals surface area contributed by atoms with Gasteiger partial charge in [-0.3, -0.25) is 34.1 Å². The number of hydrogen-bond acceptors (Lipinski definition) is 14. The first-order valence-corrected chi connectivity index (χ1v) is 11.7. The molecule has 0 bridgehead atoms. The van der Waals surface area contributed by atoms with Gasteiger partial charge in [-0.15, -0.1) is 0 Å². The second kappa shape index (κ2) is 13.4. The summed E-state index contributed by atoms with van der Waals surface area (Å²) in [6.07, 6.45) is -9.00. The molecule has 0 spiro atoms. The molecular weight excluding hydrogens is 526 g/mol. The minimum absolute atomic E-state index is 0.0888. The molecule has 15 nitrogen and oxygen atoms in total. The summed E-state index contributed by atoms with van der Waals surface area (Å²) in [4.78, 5) is 73.9. The van der Waals surface area contributed by atoms with Crippen molar-refractivity contribution in [3.05, 3.63) is 0 Å². The number of aliphatic hydroxyl groups is 5. The molecular formula is C24H33NO14. The lowest BCUT2D eigenvalue weighted by molar-refractivity contribution is -0.329. The number of carbonyl (C=O) groups excluding carboxylic acids is 6. The average Bonchev–Trinajstić information content (AvgIpc) is 2.85. The summed E-state index contributed by atoms with van der Waals surface area (Å²) < 4.78 is 15.9. The van der Waals surface area contributed by atoms with Gasteiger partial charge in [0.05, 0.1) is 12.7 Å². The van der Waals surface area contributed by atoms with Gasteiger partial charge in [0.15, 0.2) is 39.9 Å². The van der Waals surface area contributed by atoms with E-state index in [2.05, 4.69) is 0 Å². The summed E-state index contributed by atoms with van der Waals surface area (Å²) in [5, 5.41) is 55.1. The molecule has 2 unspecified atom stereocenters. The first kappa shape index (κ1) is 34.1. The van der Waals surface area contributed by atoms with Crippen LogP contribution in [0.4, 0.5) is 0 Å². The predicted octanol–water partition coefficient (Wildman–Crippen LogP) is -3.93. The zero-order chi connectivity index (χ0) is 30.3. The molecule has 0 aliphatic carbocycles. The third-order valence-corrected chi connectivity index (χ3v) is 6.28. The van der Waals surface area contributed by atoms with Crippen molar-refractivity contribution in [1.82, 2.24) is 5.32 Å². The normalized spacial score (nSPS) is 29.8. The van der Waals surface area contributed by atoms with E-state index in [4.69, 9.17) is 19.3 Å². The number of ether oxygens (including phenoxy) is 3. The van der Waals surface area contributed by atoms with Gasteiger partial charge in [0.25, 0.3) is 5.91 Å². The maximum Gasteiger partial charge on any atom is 0.302 e. The Morgan fingerprint density at radius 3 is 1.95 bits per heavy atom. The van der Waals surface area contributed by atoms with Gasteiger partial charge in [0, 0.05) is 13.0 Å². The fourth-order valence-corrected chi connectivity index (χ4v) is 4.32. The third kappa shape index (κ3) is 6.29. The topological polar surface area (TPSA) is 243 Å². The van der Waals surface area contributed by atoms with E-state index in [1.165, 1.54) is 6.92 Å². The highest BCUT2D eigenvalue weighted by atomic mass is 16.7. The third-order valence-electron chi connectivity index (χ3n) is 6.28. The Bertz CT molecular complexity index is 1060. The molecule has 7 atom stereocenters. The fraction of sp³-hybridized carbons (Fsp3) is 0.667. The first-order valence-electron chi connectivity index (χ1n) is 11.7. The molecule has 0 aromatic rings. The molecule has 0 aromatic carbocycles. The van der Waals surface area contributed by atoms with Gasteiger partial charge in [-0.25, -0.2) is 0 Å². The van der Waals surface area contributed by atoms with E-state index in [0.717, 1.165) is 13.8 Å². The first-order chi connectivity index (χ1) is 18.0. The summed E-state index contributed by atoms with van der Waals surface area (Å²) in [5.74, 6) is -3.48. The highest BCUT2D eigenvalue weighted by Gasteiger charge is 2.78. The minimum atomic E-state index is -3.60. The van der Waals surface area contributed by atoms with Crippen LogP contribution in [0.25, 0.3) is 0 Å². The van der Waals surface area contributed by atoms with Crippen molar-refractivity contribution >= 4 is 34.9 Å². The number of imide groups is 1. The van der Waals surface area contributed by atoms with E-state index in [0.29, 0.717) is 13.8 Å². The number of ketones is 4. The average molecular weight is 560 g/mol. The Labute approximate surface area is 223 Å². The number of aliphatic hydroxyl groups excluding tert-OH is 2. The summed E-state index contributed by atoms with van der Waals surface area (Å²) in [5.41, 5.74) is -10.4. The molecule has 39 heavy (non-hydrogen) atoms. The molecule has 15 heteroatoms. The lowest BCUT2D eigenvalue weighted by Crippen LogP contribution is -2.87. The number of rotatable bonds is 12. The molecule has 1 aliphatic heterocycles. The van der Waals surface area contributed by atoms with Gasteiger partial charge < -0.3 is 39.7 Å². The van der Waals surface area contributed by atoms with Crippen molar-refractivity contribution in [3.63, 3.8) is 0 Å². The van der Waals surface area contributed by atoms with Crippen molar-refractivity contribution in [3.8, 4) is 11.8 Å². The number of amides is 2. The monoisotopic (exact) mass is 559 g/mol. The lowest BCUT2D eigenvalue weighted by atomic mass is 9.58. The molecule has 0 aromatic heterocycles. The smallest absolute Gasteiger partial charge is 0.302 e. The van der Waals surface area contributed by atoms with Crippen LogP contribution in [-0.2, 0) is 43.0 Å². The highest BCUT2D eigenvalue weighted by Crippen LogP contribution is 2.48. The van der Waals surface area contributed by atoms with E-state index in [1.807, 2.05) is 17.2 Å². The second-order valence-corrected chi connectivity index (χ2v) is 8.74. The van der Waals surface area contributed by atoms with Crippen molar-refractivity contribution in [2.75, 3.05) is 19.8 Å². The zero-order valence-corrected chi connectivity index (χ0v) is 22.0. The molecule has 1 heterocycles. The van der Waals surface area contributed by atoms with Crippen LogP contribution in [0.2, 0.25) is 0 Å². The van der Waals surface area contributed by atoms with E-state index >= 15 is 0 Å². The Morgan fingerprint density at radius 2 is 1.51 bits per heavy atom. The Morgan fingerprint density at radius 1 is 0.949 bits per heavy atom. The SMILES string of the molecule is CCOC(OCC[C@@H]1O[C@H](C(O)C(C)=O)[C@@](O)(C(C)=O)[C@@](O)(C(C)=O)[C@]1(O)C(C)=O)C(=O)NC(=O)C#CCO. The number of Topliss-reactive ketones (excluding diaryl/α,β-unsaturated/α-hetero) is 4. The Hall–Kier alpha value is -2.94. The van der Waals surface area contributed by atoms with Gasteiger partial charge in [0.1, 0.15) is 18.8 Å². The second-order valence-electron chi connectivity index (χ2n) is 8.74. The zero-order valence-electron chi connectivity index (χ0n) is 22.0. The standard InChI is InChI=1S/C24H33NO14/c1-6-37-21(20(33)25-17(31)8-7-10-26)38-11-9-16-22(34,13(3)28)24(36,15(5)30)23(35,14(4)29)19(39-16)18(32)12(2)27/h16,18-19,21,26,32,34-36H,6,9-11H2,1-5H3,(H,25,31,33)/t16-,18?,19+,21?,22-,23-,24+/m0/s1. The summed E-state index contributed by atoms with van der Waals surface area (Å²) in [7, 11) is 0. The van der Waals surface area contributed by atoms with Crippen LogP contribution in [0.5, 0.6) is 0 Å². The number of nitrogens with one attached hydrogen (secondary N) is 1. The Balaban J connectivity index is 3.45.